The number of halogens is 2. The minimum absolute atomic E-state index is 0.217. The van der Waals surface area contributed by atoms with Crippen LogP contribution in [0.25, 0.3) is 0 Å². The average Bonchev–Trinajstić information content (AvgIpc) is 2.37. The van der Waals surface area contributed by atoms with Gasteiger partial charge in [-0.15, -0.1) is 0 Å². The average molecular weight is 261 g/mol. The quantitative estimate of drug-likeness (QED) is 0.883. The molecule has 100 valence electrons. The Bertz CT molecular complexity index is 593. The third-order valence-corrected chi connectivity index (χ3v) is 3.36. The van der Waals surface area contributed by atoms with Crippen molar-refractivity contribution >= 4 is 0 Å². The summed E-state index contributed by atoms with van der Waals surface area (Å²) in [6, 6.07) is 9.62. The molecule has 0 aromatic heterocycles. The molecule has 0 amide bonds. The van der Waals surface area contributed by atoms with Gasteiger partial charge in [-0.1, -0.05) is 24.3 Å². The molecule has 3 heteroatoms. The predicted molar refractivity (Wildman–Crippen MR) is 73.2 cm³/mol. The lowest BCUT2D eigenvalue weighted by Gasteiger charge is -2.20. The molecule has 2 rings (SSSR count). The molecule has 1 nitrogen and oxygen atoms in total. The van der Waals surface area contributed by atoms with Gasteiger partial charge in [0.05, 0.1) is 6.04 Å². The Balaban J connectivity index is 2.53. The molecule has 2 aromatic carbocycles. The lowest BCUT2D eigenvalue weighted by molar-refractivity contribution is 0.567. The first kappa shape index (κ1) is 13.7. The van der Waals surface area contributed by atoms with Gasteiger partial charge in [0.25, 0.3) is 0 Å². The molecule has 0 saturated carbocycles. The van der Waals surface area contributed by atoms with Gasteiger partial charge < -0.3 is 5.32 Å². The first-order chi connectivity index (χ1) is 9.04. The van der Waals surface area contributed by atoms with E-state index in [0.717, 1.165) is 11.1 Å². The first-order valence-corrected chi connectivity index (χ1v) is 6.23. The van der Waals surface area contributed by atoms with Crippen LogP contribution in [0.5, 0.6) is 0 Å². The largest absolute Gasteiger partial charge is 0.309 e. The van der Waals surface area contributed by atoms with Crippen molar-refractivity contribution in [3.8, 4) is 0 Å². The molecule has 0 radical (unpaired) electrons. The number of hydrogen-bond acceptors (Lipinski definition) is 1. The van der Waals surface area contributed by atoms with Crippen LogP contribution in [0.15, 0.2) is 36.4 Å². The van der Waals surface area contributed by atoms with Gasteiger partial charge in [0.15, 0.2) is 0 Å². The molecule has 1 N–H and O–H groups in total. The number of rotatable bonds is 3. The molecule has 19 heavy (non-hydrogen) atoms. The summed E-state index contributed by atoms with van der Waals surface area (Å²) in [6.07, 6.45) is 0. The van der Waals surface area contributed by atoms with Crippen LogP contribution < -0.4 is 5.32 Å². The first-order valence-electron chi connectivity index (χ1n) is 6.23. The standard InChI is InChI=1S/C16H17F2N/c1-10-5-4-6-14(15(10)18)16(19-3)13-8-7-12(17)9-11(13)2/h4-9,16,19H,1-3H3. The zero-order valence-electron chi connectivity index (χ0n) is 11.3. The Kier molecular flexibility index (Phi) is 3.96. The summed E-state index contributed by atoms with van der Waals surface area (Å²) in [4.78, 5) is 0. The van der Waals surface area contributed by atoms with Gasteiger partial charge in [-0.3, -0.25) is 0 Å². The van der Waals surface area contributed by atoms with E-state index < -0.39 is 0 Å². The molecular weight excluding hydrogens is 244 g/mol. The summed E-state index contributed by atoms with van der Waals surface area (Å²) >= 11 is 0. The van der Waals surface area contributed by atoms with Crippen molar-refractivity contribution in [3.63, 3.8) is 0 Å². The number of nitrogens with one attached hydrogen (secondary N) is 1. The third kappa shape index (κ3) is 2.66. The van der Waals surface area contributed by atoms with Gasteiger partial charge >= 0.3 is 0 Å². The van der Waals surface area contributed by atoms with Crippen LogP contribution in [0.3, 0.4) is 0 Å². The normalized spacial score (nSPS) is 12.5. The van der Waals surface area contributed by atoms with Crippen LogP contribution in [0.1, 0.15) is 28.3 Å². The summed E-state index contributed by atoms with van der Waals surface area (Å²) < 4.78 is 27.4. The molecule has 0 aliphatic carbocycles. The highest BCUT2D eigenvalue weighted by molar-refractivity contribution is 5.39. The lowest BCUT2D eigenvalue weighted by Crippen LogP contribution is -2.20. The molecule has 2 aromatic rings. The van der Waals surface area contributed by atoms with Crippen molar-refractivity contribution in [1.82, 2.24) is 5.32 Å². The van der Waals surface area contributed by atoms with Crippen molar-refractivity contribution in [2.45, 2.75) is 19.9 Å². The summed E-state index contributed by atoms with van der Waals surface area (Å²) in [5, 5.41) is 3.10. The van der Waals surface area contributed by atoms with Gasteiger partial charge in [0, 0.05) is 5.56 Å². The predicted octanol–water partition coefficient (Wildman–Crippen LogP) is 3.89. The topological polar surface area (TPSA) is 12.0 Å². The second-order valence-electron chi connectivity index (χ2n) is 4.70. The molecule has 0 heterocycles. The Morgan fingerprint density at radius 3 is 2.32 bits per heavy atom. The fourth-order valence-electron chi connectivity index (χ4n) is 2.33. The molecule has 0 saturated heterocycles. The molecule has 0 aliphatic rings. The van der Waals surface area contributed by atoms with Crippen LogP contribution in [-0.4, -0.2) is 7.05 Å². The maximum absolute atomic E-state index is 14.2. The van der Waals surface area contributed by atoms with Crippen molar-refractivity contribution in [1.29, 1.82) is 0 Å². The van der Waals surface area contributed by atoms with E-state index >= 15 is 0 Å². The second-order valence-corrected chi connectivity index (χ2v) is 4.70. The summed E-state index contributed by atoms with van der Waals surface area (Å²) in [6.45, 7) is 3.57. The van der Waals surface area contributed by atoms with E-state index in [1.807, 2.05) is 13.0 Å². The van der Waals surface area contributed by atoms with Gasteiger partial charge in [0.1, 0.15) is 11.6 Å². The highest BCUT2D eigenvalue weighted by Crippen LogP contribution is 2.28. The van der Waals surface area contributed by atoms with Crippen LogP contribution in [-0.2, 0) is 0 Å². The number of benzene rings is 2. The van der Waals surface area contributed by atoms with E-state index in [1.54, 1.807) is 32.2 Å². The van der Waals surface area contributed by atoms with E-state index in [4.69, 9.17) is 0 Å². The van der Waals surface area contributed by atoms with Gasteiger partial charge in [-0.05, 0) is 49.7 Å². The van der Waals surface area contributed by atoms with Crippen LogP contribution in [0.2, 0.25) is 0 Å². The fraction of sp³-hybridized carbons (Fsp3) is 0.250. The summed E-state index contributed by atoms with van der Waals surface area (Å²) in [5.41, 5.74) is 2.88. The van der Waals surface area contributed by atoms with Crippen molar-refractivity contribution < 1.29 is 8.78 Å². The van der Waals surface area contributed by atoms with Crippen molar-refractivity contribution in [3.05, 3.63) is 70.3 Å². The molecule has 0 fully saturated rings. The molecule has 1 unspecified atom stereocenters. The maximum Gasteiger partial charge on any atom is 0.131 e. The van der Waals surface area contributed by atoms with Crippen molar-refractivity contribution in [2.75, 3.05) is 7.05 Å². The molecule has 1 atom stereocenters. The van der Waals surface area contributed by atoms with Gasteiger partial charge in [0.2, 0.25) is 0 Å². The van der Waals surface area contributed by atoms with E-state index in [0.29, 0.717) is 11.1 Å². The smallest absolute Gasteiger partial charge is 0.131 e. The summed E-state index contributed by atoms with van der Waals surface area (Å²) in [7, 11) is 1.77. The molecule has 0 aliphatic heterocycles. The zero-order chi connectivity index (χ0) is 14.0. The number of hydrogen-bond donors (Lipinski definition) is 1. The van der Waals surface area contributed by atoms with E-state index in [1.165, 1.54) is 12.1 Å². The minimum atomic E-state index is -0.277. The Morgan fingerprint density at radius 2 is 1.68 bits per heavy atom. The molecule has 0 bridgehead atoms. The van der Waals surface area contributed by atoms with Crippen LogP contribution in [0, 0.1) is 25.5 Å². The Morgan fingerprint density at radius 1 is 0.947 bits per heavy atom. The highest BCUT2D eigenvalue weighted by Gasteiger charge is 2.18. The minimum Gasteiger partial charge on any atom is -0.309 e. The maximum atomic E-state index is 14.2. The third-order valence-electron chi connectivity index (χ3n) is 3.36. The lowest BCUT2D eigenvalue weighted by atomic mass is 9.93. The van der Waals surface area contributed by atoms with Crippen molar-refractivity contribution in [2.24, 2.45) is 0 Å². The van der Waals surface area contributed by atoms with E-state index in [2.05, 4.69) is 5.32 Å². The fourth-order valence-corrected chi connectivity index (χ4v) is 2.33. The zero-order valence-corrected chi connectivity index (χ0v) is 11.3. The molecule has 0 spiro atoms. The monoisotopic (exact) mass is 261 g/mol. The van der Waals surface area contributed by atoms with Crippen LogP contribution in [0.4, 0.5) is 8.78 Å². The highest BCUT2D eigenvalue weighted by atomic mass is 19.1. The van der Waals surface area contributed by atoms with Gasteiger partial charge in [-0.25, -0.2) is 8.78 Å². The number of aryl methyl sites for hydroxylation is 2. The molecular formula is C16H17F2N. The Labute approximate surface area is 112 Å². The van der Waals surface area contributed by atoms with Crippen LogP contribution >= 0.6 is 0 Å². The van der Waals surface area contributed by atoms with Gasteiger partial charge in [-0.2, -0.15) is 0 Å². The van der Waals surface area contributed by atoms with E-state index in [9.17, 15) is 8.78 Å². The van der Waals surface area contributed by atoms with E-state index in [-0.39, 0.29) is 17.7 Å². The Hall–Kier alpha value is -1.74. The SMILES string of the molecule is CNC(c1ccc(F)cc1C)c1cccc(C)c1F. The summed E-state index contributed by atoms with van der Waals surface area (Å²) in [5.74, 6) is -0.494. The second kappa shape index (κ2) is 5.49.